The number of anilines is 1. The first-order valence-electron chi connectivity index (χ1n) is 9.74. The number of pyridine rings is 1. The maximum absolute atomic E-state index is 12.8. The number of amides is 1. The molecule has 3 aromatic rings. The Hall–Kier alpha value is -2.80. The molecular formula is C22H20BrN5O. The number of hydrogen-bond donors (Lipinski definition) is 1. The molecule has 1 aliphatic heterocycles. The van der Waals surface area contributed by atoms with E-state index in [0.717, 1.165) is 35.0 Å². The van der Waals surface area contributed by atoms with Crippen molar-refractivity contribution in [3.8, 4) is 0 Å². The van der Waals surface area contributed by atoms with Gasteiger partial charge in [0.15, 0.2) is 0 Å². The van der Waals surface area contributed by atoms with Crippen molar-refractivity contribution in [3.05, 3.63) is 81.3 Å². The summed E-state index contributed by atoms with van der Waals surface area (Å²) >= 11 is 3.40. The number of benzene rings is 1. The molecule has 0 bridgehead atoms. The molecule has 2 aromatic heterocycles. The lowest BCUT2D eigenvalue weighted by Gasteiger charge is -2.28. The summed E-state index contributed by atoms with van der Waals surface area (Å²) in [5.41, 5.74) is 5.27. The Kier molecular flexibility index (Phi) is 4.75. The Morgan fingerprint density at radius 2 is 1.90 bits per heavy atom. The summed E-state index contributed by atoms with van der Waals surface area (Å²) < 4.78 is 0.848. The largest absolute Gasteiger partial charge is 0.351 e. The molecule has 1 aromatic carbocycles. The standard InChI is InChI=1S/C22H20BrN5O/c23-17-5-7-24-20(11-17)21(29)28-8-6-19-16(13-28)12-25-22(27-19)26-18-9-14-3-1-2-4-15(14)10-18/h1-5,7,11-12,18H,6,8-10,13H2,(H,25,26,27). The fourth-order valence-corrected chi connectivity index (χ4v) is 4.42. The highest BCUT2D eigenvalue weighted by Crippen LogP contribution is 2.25. The summed E-state index contributed by atoms with van der Waals surface area (Å²) in [6, 6.07) is 12.5. The molecule has 2 aliphatic rings. The van der Waals surface area contributed by atoms with Gasteiger partial charge < -0.3 is 10.2 Å². The number of nitrogens with one attached hydrogen (secondary N) is 1. The van der Waals surface area contributed by atoms with E-state index in [1.807, 2.05) is 12.3 Å². The summed E-state index contributed by atoms with van der Waals surface area (Å²) in [6.07, 6.45) is 6.20. The van der Waals surface area contributed by atoms with Crippen molar-refractivity contribution in [1.29, 1.82) is 0 Å². The van der Waals surface area contributed by atoms with Gasteiger partial charge in [-0.25, -0.2) is 9.97 Å². The monoisotopic (exact) mass is 449 g/mol. The molecule has 1 N–H and O–H groups in total. The molecule has 7 heteroatoms. The van der Waals surface area contributed by atoms with Gasteiger partial charge in [-0.2, -0.15) is 0 Å². The van der Waals surface area contributed by atoms with Crippen LogP contribution >= 0.6 is 15.9 Å². The molecule has 6 nitrogen and oxygen atoms in total. The molecule has 3 heterocycles. The van der Waals surface area contributed by atoms with Gasteiger partial charge in [0, 0.05) is 48.0 Å². The first-order valence-corrected chi connectivity index (χ1v) is 10.5. The van der Waals surface area contributed by atoms with Crippen molar-refractivity contribution in [2.75, 3.05) is 11.9 Å². The minimum atomic E-state index is -0.0668. The van der Waals surface area contributed by atoms with Gasteiger partial charge in [0.1, 0.15) is 5.69 Å². The van der Waals surface area contributed by atoms with E-state index in [4.69, 9.17) is 4.98 Å². The summed E-state index contributed by atoms with van der Waals surface area (Å²) in [6.45, 7) is 1.14. The zero-order valence-corrected chi connectivity index (χ0v) is 17.4. The lowest BCUT2D eigenvalue weighted by molar-refractivity contribution is 0.0727. The number of fused-ring (bicyclic) bond motifs is 2. The van der Waals surface area contributed by atoms with Crippen LogP contribution < -0.4 is 5.32 Å². The Balaban J connectivity index is 1.27. The second-order valence-corrected chi connectivity index (χ2v) is 8.44. The fourth-order valence-electron chi connectivity index (χ4n) is 4.09. The molecule has 0 unspecified atom stereocenters. The average Bonchev–Trinajstić information content (AvgIpc) is 3.15. The molecule has 1 amide bonds. The van der Waals surface area contributed by atoms with Crippen molar-refractivity contribution in [2.24, 2.45) is 0 Å². The summed E-state index contributed by atoms with van der Waals surface area (Å²) in [4.78, 5) is 28.0. The molecule has 0 spiro atoms. The van der Waals surface area contributed by atoms with E-state index in [-0.39, 0.29) is 5.91 Å². The molecule has 0 saturated carbocycles. The number of nitrogens with zero attached hydrogens (tertiary/aromatic N) is 4. The summed E-state index contributed by atoms with van der Waals surface area (Å²) in [7, 11) is 0. The Morgan fingerprint density at radius 3 is 2.66 bits per heavy atom. The zero-order valence-electron chi connectivity index (χ0n) is 15.8. The van der Waals surface area contributed by atoms with Crippen molar-refractivity contribution in [2.45, 2.75) is 31.8 Å². The minimum absolute atomic E-state index is 0.0668. The van der Waals surface area contributed by atoms with Crippen LogP contribution in [-0.2, 0) is 25.8 Å². The predicted octanol–water partition coefficient (Wildman–Crippen LogP) is 3.41. The van der Waals surface area contributed by atoms with Crippen LogP contribution in [0.3, 0.4) is 0 Å². The van der Waals surface area contributed by atoms with Gasteiger partial charge in [0.25, 0.3) is 5.91 Å². The average molecular weight is 450 g/mol. The summed E-state index contributed by atoms with van der Waals surface area (Å²) in [5.74, 6) is 0.609. The Morgan fingerprint density at radius 1 is 1.10 bits per heavy atom. The molecule has 0 atom stereocenters. The molecule has 1 aliphatic carbocycles. The first-order chi connectivity index (χ1) is 14.2. The van der Waals surface area contributed by atoms with Gasteiger partial charge in [-0.05, 0) is 36.1 Å². The lowest BCUT2D eigenvalue weighted by Crippen LogP contribution is -2.37. The van der Waals surface area contributed by atoms with E-state index in [1.165, 1.54) is 11.1 Å². The highest BCUT2D eigenvalue weighted by atomic mass is 79.9. The third-order valence-corrected chi connectivity index (χ3v) is 6.04. The Bertz CT molecular complexity index is 1060. The van der Waals surface area contributed by atoms with E-state index in [9.17, 15) is 4.79 Å². The number of rotatable bonds is 3. The van der Waals surface area contributed by atoms with E-state index in [0.29, 0.717) is 30.8 Å². The van der Waals surface area contributed by atoms with Crippen LogP contribution in [0.4, 0.5) is 5.95 Å². The van der Waals surface area contributed by atoms with Crippen LogP contribution in [0.25, 0.3) is 0 Å². The topological polar surface area (TPSA) is 71.0 Å². The van der Waals surface area contributed by atoms with Crippen LogP contribution in [-0.4, -0.2) is 38.3 Å². The van der Waals surface area contributed by atoms with Gasteiger partial charge in [-0.3, -0.25) is 9.78 Å². The van der Waals surface area contributed by atoms with Crippen molar-refractivity contribution < 1.29 is 4.79 Å². The van der Waals surface area contributed by atoms with Gasteiger partial charge in [-0.15, -0.1) is 0 Å². The summed E-state index contributed by atoms with van der Waals surface area (Å²) in [5, 5.41) is 3.49. The van der Waals surface area contributed by atoms with Crippen LogP contribution in [0, 0.1) is 0 Å². The SMILES string of the molecule is O=C(c1cc(Br)ccn1)N1CCc2nc(NC3Cc4ccccc4C3)ncc2C1. The maximum Gasteiger partial charge on any atom is 0.272 e. The van der Waals surface area contributed by atoms with Crippen LogP contribution in [0.5, 0.6) is 0 Å². The number of hydrogen-bond acceptors (Lipinski definition) is 5. The number of aromatic nitrogens is 3. The minimum Gasteiger partial charge on any atom is -0.351 e. The molecule has 0 radical (unpaired) electrons. The molecular weight excluding hydrogens is 430 g/mol. The smallest absolute Gasteiger partial charge is 0.272 e. The third-order valence-electron chi connectivity index (χ3n) is 5.55. The number of halogens is 1. The second kappa shape index (κ2) is 7.55. The van der Waals surface area contributed by atoms with Gasteiger partial charge in [0.2, 0.25) is 5.95 Å². The molecule has 29 heavy (non-hydrogen) atoms. The van der Waals surface area contributed by atoms with Crippen molar-refractivity contribution in [3.63, 3.8) is 0 Å². The molecule has 146 valence electrons. The quantitative estimate of drug-likeness (QED) is 0.663. The van der Waals surface area contributed by atoms with Crippen LogP contribution in [0.15, 0.2) is 53.3 Å². The van der Waals surface area contributed by atoms with E-state index < -0.39 is 0 Å². The van der Waals surface area contributed by atoms with Gasteiger partial charge in [-0.1, -0.05) is 40.2 Å². The fraction of sp³-hybridized carbons (Fsp3) is 0.273. The van der Waals surface area contributed by atoms with E-state index >= 15 is 0 Å². The second-order valence-electron chi connectivity index (χ2n) is 7.52. The number of carbonyl (C=O) groups is 1. The van der Waals surface area contributed by atoms with Crippen molar-refractivity contribution >= 4 is 27.8 Å². The maximum atomic E-state index is 12.8. The lowest BCUT2D eigenvalue weighted by atomic mass is 10.1. The molecule has 0 saturated heterocycles. The highest BCUT2D eigenvalue weighted by Gasteiger charge is 2.25. The normalized spacial score (nSPS) is 15.7. The van der Waals surface area contributed by atoms with Crippen molar-refractivity contribution in [1.82, 2.24) is 19.9 Å². The third kappa shape index (κ3) is 3.74. The number of carbonyl (C=O) groups excluding carboxylic acids is 1. The predicted molar refractivity (Wildman–Crippen MR) is 114 cm³/mol. The van der Waals surface area contributed by atoms with Gasteiger partial charge >= 0.3 is 0 Å². The molecule has 5 rings (SSSR count). The zero-order chi connectivity index (χ0) is 19.8. The van der Waals surface area contributed by atoms with Crippen LogP contribution in [0.2, 0.25) is 0 Å². The first kappa shape index (κ1) is 18.2. The van der Waals surface area contributed by atoms with E-state index in [2.05, 4.69) is 55.5 Å². The highest BCUT2D eigenvalue weighted by molar-refractivity contribution is 9.10. The van der Waals surface area contributed by atoms with E-state index in [1.54, 1.807) is 17.2 Å². The Labute approximate surface area is 177 Å². The molecule has 0 fully saturated rings. The van der Waals surface area contributed by atoms with Crippen LogP contribution in [0.1, 0.15) is 32.9 Å². The van der Waals surface area contributed by atoms with Gasteiger partial charge in [0.05, 0.1) is 5.69 Å².